The van der Waals surface area contributed by atoms with E-state index in [1.165, 1.54) is 38.6 Å². The third-order valence-corrected chi connectivity index (χ3v) is 3.43. The number of aliphatic hydroxyl groups excluding tert-OH is 1. The molecule has 0 aromatic carbocycles. The topological polar surface area (TPSA) is 35.5 Å². The van der Waals surface area contributed by atoms with Gasteiger partial charge in [0.15, 0.2) is 0 Å². The molecule has 0 spiro atoms. The van der Waals surface area contributed by atoms with Crippen LogP contribution in [0.2, 0.25) is 0 Å². The minimum absolute atomic E-state index is 0.186. The van der Waals surface area contributed by atoms with E-state index in [2.05, 4.69) is 10.2 Å². The summed E-state index contributed by atoms with van der Waals surface area (Å²) in [5, 5.41) is 13.0. The van der Waals surface area contributed by atoms with E-state index >= 15 is 0 Å². The molecule has 2 rings (SSSR count). The molecule has 2 fully saturated rings. The fraction of sp³-hybridized carbons (Fsp3) is 1.00. The van der Waals surface area contributed by atoms with Crippen molar-refractivity contribution in [3.05, 3.63) is 0 Å². The number of nitrogens with zero attached hydrogens (tertiary/aromatic N) is 1. The van der Waals surface area contributed by atoms with Gasteiger partial charge in [0, 0.05) is 25.2 Å². The number of aliphatic hydroxyl groups is 1. The zero-order valence-corrected chi connectivity index (χ0v) is 9.78. The first-order valence-corrected chi connectivity index (χ1v) is 6.41. The van der Waals surface area contributed by atoms with E-state index in [1.54, 1.807) is 0 Å². The molecular formula is C12H24N2O. The minimum atomic E-state index is -0.186. The molecule has 0 amide bonds. The number of nitrogens with one attached hydrogen (secondary N) is 1. The lowest BCUT2D eigenvalue weighted by molar-refractivity contribution is 0.111. The molecule has 2 aliphatic rings. The molecule has 1 saturated carbocycles. The van der Waals surface area contributed by atoms with Crippen molar-refractivity contribution in [2.75, 3.05) is 19.6 Å². The van der Waals surface area contributed by atoms with Crippen LogP contribution in [0.5, 0.6) is 0 Å². The van der Waals surface area contributed by atoms with E-state index in [9.17, 15) is 5.11 Å². The third kappa shape index (κ3) is 3.74. The molecule has 3 nitrogen and oxygen atoms in total. The molecule has 1 saturated heterocycles. The van der Waals surface area contributed by atoms with E-state index in [4.69, 9.17) is 0 Å². The fourth-order valence-corrected chi connectivity index (χ4v) is 2.51. The van der Waals surface area contributed by atoms with E-state index in [0.717, 1.165) is 19.1 Å². The Kier molecular flexibility index (Phi) is 4.00. The van der Waals surface area contributed by atoms with Crippen LogP contribution in [0.4, 0.5) is 0 Å². The predicted octanol–water partition coefficient (Wildman–Crippen LogP) is 0.974. The first-order chi connectivity index (χ1) is 7.25. The standard InChI is InChI=1S/C12H24N2O/c1-10(15)8-14(12-5-6-12)9-11-4-2-3-7-13-11/h10-13,15H,2-9H2,1H3/t10-,11?/m1/s1. The molecule has 1 unspecified atom stereocenters. The fourth-order valence-electron chi connectivity index (χ4n) is 2.51. The van der Waals surface area contributed by atoms with Gasteiger partial charge in [-0.3, -0.25) is 4.90 Å². The summed E-state index contributed by atoms with van der Waals surface area (Å²) < 4.78 is 0. The van der Waals surface area contributed by atoms with E-state index < -0.39 is 0 Å². The second-order valence-electron chi connectivity index (χ2n) is 5.18. The Morgan fingerprint density at radius 3 is 2.67 bits per heavy atom. The molecule has 2 N–H and O–H groups in total. The van der Waals surface area contributed by atoms with Crippen molar-refractivity contribution in [3.8, 4) is 0 Å². The van der Waals surface area contributed by atoms with Gasteiger partial charge in [0.25, 0.3) is 0 Å². The number of rotatable bonds is 5. The Morgan fingerprint density at radius 1 is 1.33 bits per heavy atom. The Balaban J connectivity index is 1.77. The summed E-state index contributed by atoms with van der Waals surface area (Å²) >= 11 is 0. The normalized spacial score (nSPS) is 29.4. The molecule has 1 aliphatic carbocycles. The molecule has 0 bridgehead atoms. The van der Waals surface area contributed by atoms with Gasteiger partial charge in [-0.2, -0.15) is 0 Å². The van der Waals surface area contributed by atoms with Gasteiger partial charge in [-0.25, -0.2) is 0 Å². The van der Waals surface area contributed by atoms with Crippen LogP contribution >= 0.6 is 0 Å². The highest BCUT2D eigenvalue weighted by atomic mass is 16.3. The van der Waals surface area contributed by atoms with Crippen molar-refractivity contribution in [2.45, 2.75) is 57.2 Å². The van der Waals surface area contributed by atoms with Crippen molar-refractivity contribution in [1.82, 2.24) is 10.2 Å². The summed E-state index contributed by atoms with van der Waals surface area (Å²) in [5.74, 6) is 0. The molecule has 88 valence electrons. The van der Waals surface area contributed by atoms with E-state index in [1.807, 2.05) is 6.92 Å². The maximum Gasteiger partial charge on any atom is 0.0639 e. The van der Waals surface area contributed by atoms with Gasteiger partial charge >= 0.3 is 0 Å². The Labute approximate surface area is 92.8 Å². The molecule has 2 atom stereocenters. The van der Waals surface area contributed by atoms with Crippen LogP contribution in [-0.2, 0) is 0 Å². The molecule has 15 heavy (non-hydrogen) atoms. The highest BCUT2D eigenvalue weighted by Gasteiger charge is 2.31. The first kappa shape index (κ1) is 11.4. The molecule has 0 aromatic rings. The summed E-state index contributed by atoms with van der Waals surface area (Å²) in [6.45, 7) is 5.06. The van der Waals surface area contributed by atoms with Crippen LogP contribution in [-0.4, -0.2) is 47.8 Å². The van der Waals surface area contributed by atoms with Crippen molar-refractivity contribution in [3.63, 3.8) is 0 Å². The summed E-state index contributed by atoms with van der Waals surface area (Å²) in [4.78, 5) is 2.48. The number of piperidine rings is 1. The largest absolute Gasteiger partial charge is 0.392 e. The maximum atomic E-state index is 9.47. The molecular weight excluding hydrogens is 188 g/mol. The Hall–Kier alpha value is -0.120. The Bertz CT molecular complexity index is 186. The second kappa shape index (κ2) is 5.28. The summed E-state index contributed by atoms with van der Waals surface area (Å²) in [7, 11) is 0. The lowest BCUT2D eigenvalue weighted by atomic mass is 10.0. The highest BCUT2D eigenvalue weighted by Crippen LogP contribution is 2.27. The predicted molar refractivity (Wildman–Crippen MR) is 61.9 cm³/mol. The monoisotopic (exact) mass is 212 g/mol. The lowest BCUT2D eigenvalue weighted by Gasteiger charge is -2.31. The average molecular weight is 212 g/mol. The van der Waals surface area contributed by atoms with Crippen molar-refractivity contribution >= 4 is 0 Å². The van der Waals surface area contributed by atoms with Crippen LogP contribution in [0.15, 0.2) is 0 Å². The van der Waals surface area contributed by atoms with Crippen LogP contribution in [0.25, 0.3) is 0 Å². The van der Waals surface area contributed by atoms with Gasteiger partial charge in [-0.1, -0.05) is 6.42 Å². The quantitative estimate of drug-likeness (QED) is 0.713. The van der Waals surface area contributed by atoms with Gasteiger partial charge in [0.2, 0.25) is 0 Å². The Morgan fingerprint density at radius 2 is 2.13 bits per heavy atom. The van der Waals surface area contributed by atoms with Gasteiger partial charge in [0.1, 0.15) is 0 Å². The molecule has 1 heterocycles. The van der Waals surface area contributed by atoms with Crippen LogP contribution in [0.1, 0.15) is 39.0 Å². The van der Waals surface area contributed by atoms with E-state index in [-0.39, 0.29) is 6.10 Å². The van der Waals surface area contributed by atoms with Crippen LogP contribution < -0.4 is 5.32 Å². The maximum absolute atomic E-state index is 9.47. The second-order valence-corrected chi connectivity index (χ2v) is 5.18. The smallest absolute Gasteiger partial charge is 0.0639 e. The van der Waals surface area contributed by atoms with Crippen LogP contribution in [0, 0.1) is 0 Å². The van der Waals surface area contributed by atoms with E-state index in [0.29, 0.717) is 6.04 Å². The lowest BCUT2D eigenvalue weighted by Crippen LogP contribution is -2.46. The van der Waals surface area contributed by atoms with Gasteiger partial charge in [-0.15, -0.1) is 0 Å². The van der Waals surface area contributed by atoms with Gasteiger partial charge in [0.05, 0.1) is 6.10 Å². The van der Waals surface area contributed by atoms with Crippen LogP contribution in [0.3, 0.4) is 0 Å². The first-order valence-electron chi connectivity index (χ1n) is 6.41. The summed E-state index contributed by atoms with van der Waals surface area (Å²) in [6, 6.07) is 1.43. The zero-order chi connectivity index (χ0) is 10.7. The third-order valence-electron chi connectivity index (χ3n) is 3.43. The SMILES string of the molecule is C[C@@H](O)CN(CC1CCCCN1)C1CC1. The number of hydrogen-bond donors (Lipinski definition) is 2. The average Bonchev–Trinajstić information content (AvgIpc) is 3.01. The van der Waals surface area contributed by atoms with Crippen molar-refractivity contribution in [2.24, 2.45) is 0 Å². The number of hydrogen-bond acceptors (Lipinski definition) is 3. The van der Waals surface area contributed by atoms with Gasteiger partial charge < -0.3 is 10.4 Å². The highest BCUT2D eigenvalue weighted by molar-refractivity contribution is 4.88. The van der Waals surface area contributed by atoms with Crippen molar-refractivity contribution in [1.29, 1.82) is 0 Å². The summed E-state index contributed by atoms with van der Waals surface area (Å²) in [5.41, 5.74) is 0. The summed E-state index contributed by atoms with van der Waals surface area (Å²) in [6.07, 6.45) is 6.48. The van der Waals surface area contributed by atoms with Crippen molar-refractivity contribution < 1.29 is 5.11 Å². The molecule has 3 heteroatoms. The molecule has 1 aliphatic heterocycles. The van der Waals surface area contributed by atoms with Gasteiger partial charge in [-0.05, 0) is 39.2 Å². The molecule has 0 radical (unpaired) electrons. The zero-order valence-electron chi connectivity index (χ0n) is 9.78. The molecule has 0 aromatic heterocycles. The minimum Gasteiger partial charge on any atom is -0.392 e.